The molecule has 0 radical (unpaired) electrons. The third-order valence-electron chi connectivity index (χ3n) is 7.17. The minimum absolute atomic E-state index is 0.0518. The number of piperidine rings is 1. The maximum Gasteiger partial charge on any atom is 0.219 e. The third kappa shape index (κ3) is 4.08. The fourth-order valence-electron chi connectivity index (χ4n) is 5.32. The molecule has 8 heteroatoms. The van der Waals surface area contributed by atoms with E-state index in [9.17, 15) is 4.79 Å². The van der Waals surface area contributed by atoms with Crippen LogP contribution in [0.3, 0.4) is 0 Å². The maximum atomic E-state index is 12.0. The fourth-order valence-corrected chi connectivity index (χ4v) is 5.86. The SMILES string of the molecule is CC(=O)N1CCC2(CC1)Oc1c(Cl)cc(Cl)cc1C1CC(c3ccc(Oc4ccccc4)cc3)=NN12. The van der Waals surface area contributed by atoms with Crippen molar-refractivity contribution in [1.29, 1.82) is 0 Å². The van der Waals surface area contributed by atoms with Crippen molar-refractivity contribution < 1.29 is 14.3 Å². The molecule has 1 spiro atoms. The van der Waals surface area contributed by atoms with Crippen molar-refractivity contribution in [1.82, 2.24) is 9.91 Å². The van der Waals surface area contributed by atoms with Crippen molar-refractivity contribution in [2.45, 2.75) is 38.0 Å². The summed E-state index contributed by atoms with van der Waals surface area (Å²) in [6.45, 7) is 2.82. The number of amides is 1. The first-order valence-corrected chi connectivity index (χ1v) is 12.8. The standard InChI is InChI=1S/C28H25Cl2N3O3/c1-18(34)32-13-11-28(12-14-32)33-26(23-15-20(29)16-24(30)27(23)36-28)17-25(31-33)19-7-9-22(10-8-19)35-21-5-3-2-4-6-21/h2-10,15-16,26H,11-14,17H2,1H3. The van der Waals surface area contributed by atoms with Crippen LogP contribution in [0.4, 0.5) is 0 Å². The predicted octanol–water partition coefficient (Wildman–Crippen LogP) is 6.67. The van der Waals surface area contributed by atoms with E-state index in [1.807, 2.05) is 65.6 Å². The van der Waals surface area contributed by atoms with Gasteiger partial charge in [-0.2, -0.15) is 5.10 Å². The Morgan fingerprint density at radius 2 is 1.72 bits per heavy atom. The Balaban J connectivity index is 1.32. The molecule has 3 aromatic rings. The molecule has 1 saturated heterocycles. The molecule has 36 heavy (non-hydrogen) atoms. The van der Waals surface area contributed by atoms with Crippen LogP contribution in [-0.4, -0.2) is 40.3 Å². The number of hydrogen-bond donors (Lipinski definition) is 0. The zero-order valence-corrected chi connectivity index (χ0v) is 21.3. The Labute approximate surface area is 220 Å². The molecule has 1 fully saturated rings. The van der Waals surface area contributed by atoms with Gasteiger partial charge in [0, 0.05) is 49.9 Å². The smallest absolute Gasteiger partial charge is 0.219 e. The molecular formula is C28H25Cl2N3O3. The topological polar surface area (TPSA) is 54.4 Å². The summed E-state index contributed by atoms with van der Waals surface area (Å²) >= 11 is 13.0. The Bertz CT molecular complexity index is 1340. The van der Waals surface area contributed by atoms with Crippen molar-refractivity contribution >= 4 is 34.8 Å². The number of benzene rings is 3. The molecule has 3 aliphatic heterocycles. The van der Waals surface area contributed by atoms with Crippen LogP contribution in [0.25, 0.3) is 0 Å². The number of rotatable bonds is 3. The first kappa shape index (κ1) is 23.2. The minimum Gasteiger partial charge on any atom is -0.464 e. The number of ether oxygens (including phenoxy) is 2. The van der Waals surface area contributed by atoms with Crippen molar-refractivity contribution in [3.63, 3.8) is 0 Å². The molecule has 1 atom stereocenters. The number of hydrogen-bond acceptors (Lipinski definition) is 5. The summed E-state index contributed by atoms with van der Waals surface area (Å²) in [7, 11) is 0. The number of halogens is 2. The largest absolute Gasteiger partial charge is 0.464 e. The van der Waals surface area contributed by atoms with Crippen LogP contribution in [-0.2, 0) is 4.79 Å². The van der Waals surface area contributed by atoms with Crippen LogP contribution in [0.15, 0.2) is 71.8 Å². The molecular weight excluding hydrogens is 497 g/mol. The van der Waals surface area contributed by atoms with Gasteiger partial charge in [-0.1, -0.05) is 41.4 Å². The maximum absolute atomic E-state index is 12.0. The van der Waals surface area contributed by atoms with Crippen LogP contribution < -0.4 is 9.47 Å². The highest BCUT2D eigenvalue weighted by atomic mass is 35.5. The van der Waals surface area contributed by atoms with E-state index in [4.69, 9.17) is 37.8 Å². The average molecular weight is 522 g/mol. The zero-order chi connectivity index (χ0) is 24.9. The summed E-state index contributed by atoms with van der Waals surface area (Å²) in [6.07, 6.45) is 1.98. The van der Waals surface area contributed by atoms with Crippen molar-refractivity contribution in [3.05, 3.63) is 87.9 Å². The van der Waals surface area contributed by atoms with E-state index in [1.165, 1.54) is 0 Å². The molecule has 6 nitrogen and oxygen atoms in total. The van der Waals surface area contributed by atoms with E-state index in [2.05, 4.69) is 5.01 Å². The number of nitrogens with zero attached hydrogens (tertiary/aromatic N) is 3. The molecule has 0 bridgehead atoms. The number of likely N-dealkylation sites (tertiary alicyclic amines) is 1. The van der Waals surface area contributed by atoms with Gasteiger partial charge in [0.05, 0.1) is 16.8 Å². The molecule has 0 saturated carbocycles. The highest BCUT2D eigenvalue weighted by molar-refractivity contribution is 6.35. The molecule has 0 N–H and O–H groups in total. The van der Waals surface area contributed by atoms with Gasteiger partial charge in [-0.25, -0.2) is 5.01 Å². The van der Waals surface area contributed by atoms with Crippen molar-refractivity contribution in [2.24, 2.45) is 5.10 Å². The first-order chi connectivity index (χ1) is 17.4. The Morgan fingerprint density at radius 3 is 2.42 bits per heavy atom. The van der Waals surface area contributed by atoms with Crippen molar-refractivity contribution in [3.8, 4) is 17.2 Å². The monoisotopic (exact) mass is 521 g/mol. The summed E-state index contributed by atoms with van der Waals surface area (Å²) in [5.41, 5.74) is 2.26. The third-order valence-corrected chi connectivity index (χ3v) is 7.67. The molecule has 3 heterocycles. The molecule has 3 aromatic carbocycles. The molecule has 3 aliphatic rings. The summed E-state index contributed by atoms with van der Waals surface area (Å²) in [5, 5.41) is 8.25. The van der Waals surface area contributed by atoms with Gasteiger partial charge >= 0.3 is 0 Å². The van der Waals surface area contributed by atoms with E-state index < -0.39 is 5.72 Å². The zero-order valence-electron chi connectivity index (χ0n) is 19.8. The summed E-state index contributed by atoms with van der Waals surface area (Å²) in [4.78, 5) is 13.8. The van der Waals surface area contributed by atoms with Crippen LogP contribution in [0, 0.1) is 0 Å². The molecule has 184 valence electrons. The fraction of sp³-hybridized carbons (Fsp3) is 0.286. The van der Waals surface area contributed by atoms with Gasteiger partial charge in [0.1, 0.15) is 17.2 Å². The number of para-hydroxylation sites is 1. The van der Waals surface area contributed by atoms with Crippen LogP contribution in [0.5, 0.6) is 17.2 Å². The van der Waals surface area contributed by atoms with Gasteiger partial charge < -0.3 is 14.4 Å². The van der Waals surface area contributed by atoms with Crippen LogP contribution >= 0.6 is 23.2 Å². The first-order valence-electron chi connectivity index (χ1n) is 12.1. The highest BCUT2D eigenvalue weighted by Crippen LogP contribution is 2.52. The van der Waals surface area contributed by atoms with Gasteiger partial charge in [-0.3, -0.25) is 4.79 Å². The van der Waals surface area contributed by atoms with Gasteiger partial charge in [-0.05, 0) is 54.1 Å². The van der Waals surface area contributed by atoms with Gasteiger partial charge in [0.15, 0.2) is 0 Å². The second-order valence-corrected chi connectivity index (χ2v) is 10.3. The number of hydrazone groups is 1. The average Bonchev–Trinajstić information content (AvgIpc) is 3.34. The number of carbonyl (C=O) groups excluding carboxylic acids is 1. The van der Waals surface area contributed by atoms with Crippen LogP contribution in [0.2, 0.25) is 10.0 Å². The second kappa shape index (κ2) is 9.02. The lowest BCUT2D eigenvalue weighted by Gasteiger charge is -2.51. The van der Waals surface area contributed by atoms with E-state index in [-0.39, 0.29) is 11.9 Å². The lowest BCUT2D eigenvalue weighted by atomic mass is 9.90. The molecule has 1 amide bonds. The van der Waals surface area contributed by atoms with E-state index in [0.717, 1.165) is 28.3 Å². The Morgan fingerprint density at radius 1 is 1.03 bits per heavy atom. The van der Waals surface area contributed by atoms with Gasteiger partial charge in [0.25, 0.3) is 0 Å². The van der Waals surface area contributed by atoms with E-state index in [0.29, 0.717) is 48.1 Å². The molecule has 6 rings (SSSR count). The second-order valence-electron chi connectivity index (χ2n) is 9.41. The van der Waals surface area contributed by atoms with Gasteiger partial charge in [0.2, 0.25) is 11.6 Å². The number of carbonyl (C=O) groups is 1. The lowest BCUT2D eigenvalue weighted by molar-refractivity contribution is -0.158. The normalized spacial score (nSPS) is 19.9. The molecule has 0 aromatic heterocycles. The quantitative estimate of drug-likeness (QED) is 0.386. The Hall–Kier alpha value is -3.22. The summed E-state index contributed by atoms with van der Waals surface area (Å²) in [6, 6.07) is 21.3. The van der Waals surface area contributed by atoms with Gasteiger partial charge in [-0.15, -0.1) is 0 Å². The van der Waals surface area contributed by atoms with Crippen LogP contribution in [0.1, 0.15) is 43.4 Å². The minimum atomic E-state index is -0.667. The predicted molar refractivity (Wildman–Crippen MR) is 140 cm³/mol. The molecule has 0 aliphatic carbocycles. The van der Waals surface area contributed by atoms with Crippen molar-refractivity contribution in [2.75, 3.05) is 13.1 Å². The van der Waals surface area contributed by atoms with E-state index >= 15 is 0 Å². The lowest BCUT2D eigenvalue weighted by Crippen LogP contribution is -2.59. The summed E-state index contributed by atoms with van der Waals surface area (Å²) < 4.78 is 12.6. The number of fused-ring (bicyclic) bond motifs is 4. The van der Waals surface area contributed by atoms with E-state index in [1.54, 1.807) is 13.0 Å². The summed E-state index contributed by atoms with van der Waals surface area (Å²) in [5.74, 6) is 2.30. The Kier molecular flexibility index (Phi) is 5.81. The highest BCUT2D eigenvalue weighted by Gasteiger charge is 2.52. The molecule has 1 unspecified atom stereocenters.